The summed E-state index contributed by atoms with van der Waals surface area (Å²) in [4.78, 5) is 34.7. The second-order valence-electron chi connectivity index (χ2n) is 9.11. The maximum absolute atomic E-state index is 13.3. The predicted octanol–water partition coefficient (Wildman–Crippen LogP) is 5.14. The highest BCUT2D eigenvalue weighted by Crippen LogP contribution is 2.26. The Bertz CT molecular complexity index is 1370. The van der Waals surface area contributed by atoms with Crippen molar-refractivity contribution >= 4 is 29.4 Å². The Hall–Kier alpha value is -3.94. The van der Waals surface area contributed by atoms with Crippen LogP contribution in [-0.2, 0) is 4.79 Å². The summed E-state index contributed by atoms with van der Waals surface area (Å²) < 4.78 is 1.85. The van der Waals surface area contributed by atoms with Crippen LogP contribution in [0.1, 0.15) is 15.9 Å². The van der Waals surface area contributed by atoms with Crippen LogP contribution >= 0.6 is 11.6 Å². The van der Waals surface area contributed by atoms with Crippen molar-refractivity contribution in [1.29, 1.82) is 0 Å². The third kappa shape index (κ3) is 6.84. The molecule has 0 bridgehead atoms. The summed E-state index contributed by atoms with van der Waals surface area (Å²) >= 11 is 6.06. The number of hydrogen-bond donors (Lipinski definition) is 1. The normalized spacial score (nSPS) is 10.9. The molecular formula is C29H30ClN5O2. The molecule has 8 heteroatoms. The van der Waals surface area contributed by atoms with E-state index in [-0.39, 0.29) is 18.4 Å². The first-order valence-electron chi connectivity index (χ1n) is 12.0. The molecule has 0 unspecified atom stereocenters. The number of nitrogens with zero attached hydrogens (tertiary/aromatic N) is 4. The predicted molar refractivity (Wildman–Crippen MR) is 148 cm³/mol. The maximum atomic E-state index is 13.3. The molecule has 0 aliphatic heterocycles. The number of halogens is 1. The Morgan fingerprint density at radius 1 is 0.946 bits per heavy atom. The van der Waals surface area contributed by atoms with E-state index < -0.39 is 0 Å². The zero-order valence-electron chi connectivity index (χ0n) is 21.2. The van der Waals surface area contributed by atoms with Gasteiger partial charge in [-0.3, -0.25) is 19.5 Å². The number of carbonyl (C=O) groups excluding carboxylic acids is 2. The highest BCUT2D eigenvalue weighted by molar-refractivity contribution is 6.30. The van der Waals surface area contributed by atoms with Gasteiger partial charge in [-0.15, -0.1) is 0 Å². The number of likely N-dealkylation sites (N-methyl/N-ethyl adjacent to an activating group) is 1. The van der Waals surface area contributed by atoms with Crippen molar-refractivity contribution in [1.82, 2.24) is 19.4 Å². The minimum atomic E-state index is -0.329. The molecule has 0 aliphatic carbocycles. The molecule has 3 aromatic carbocycles. The second kappa shape index (κ2) is 11.9. The van der Waals surface area contributed by atoms with Crippen LogP contribution < -0.4 is 5.32 Å². The van der Waals surface area contributed by atoms with Gasteiger partial charge in [0.15, 0.2) is 0 Å². The van der Waals surface area contributed by atoms with E-state index in [9.17, 15) is 9.59 Å². The molecule has 0 spiro atoms. The standard InChI is InChI=1S/C29H30ClN5O2/c1-21-8-7-11-25(18-21)35-19-26(22-12-14-24(30)15-13-22)31-29(35)32-27(36)20-34(17-16-33(2)3)28(37)23-9-5-4-6-10-23/h4-15,18-19H,16-17,20H2,1-3H3,(H,31,32,36). The van der Waals surface area contributed by atoms with Crippen molar-refractivity contribution in [3.05, 3.63) is 101 Å². The van der Waals surface area contributed by atoms with Crippen LogP contribution in [0.5, 0.6) is 0 Å². The maximum Gasteiger partial charge on any atom is 0.254 e. The van der Waals surface area contributed by atoms with Gasteiger partial charge in [-0.2, -0.15) is 0 Å². The summed E-state index contributed by atoms with van der Waals surface area (Å²) in [5.41, 5.74) is 4.06. The van der Waals surface area contributed by atoms with E-state index in [1.54, 1.807) is 29.2 Å². The van der Waals surface area contributed by atoms with Crippen LogP contribution in [0.3, 0.4) is 0 Å². The zero-order chi connectivity index (χ0) is 26.4. The molecule has 0 atom stereocenters. The molecule has 4 rings (SSSR count). The molecule has 1 N–H and O–H groups in total. The molecule has 190 valence electrons. The van der Waals surface area contributed by atoms with E-state index in [4.69, 9.17) is 16.6 Å². The number of aromatic nitrogens is 2. The second-order valence-corrected chi connectivity index (χ2v) is 9.55. The average molecular weight is 516 g/mol. The van der Waals surface area contributed by atoms with Gasteiger partial charge < -0.3 is 9.80 Å². The molecule has 0 fully saturated rings. The van der Waals surface area contributed by atoms with E-state index >= 15 is 0 Å². The summed E-state index contributed by atoms with van der Waals surface area (Å²) in [6.45, 7) is 2.95. The number of amides is 2. The minimum Gasteiger partial charge on any atom is -0.328 e. The van der Waals surface area contributed by atoms with Gasteiger partial charge in [-0.1, -0.05) is 54.1 Å². The van der Waals surface area contributed by atoms with Gasteiger partial charge in [-0.25, -0.2) is 4.98 Å². The van der Waals surface area contributed by atoms with E-state index in [0.29, 0.717) is 35.3 Å². The molecule has 4 aromatic rings. The zero-order valence-corrected chi connectivity index (χ0v) is 21.9. The van der Waals surface area contributed by atoms with E-state index in [2.05, 4.69) is 5.32 Å². The van der Waals surface area contributed by atoms with Gasteiger partial charge in [0, 0.05) is 41.1 Å². The summed E-state index contributed by atoms with van der Waals surface area (Å²) in [6, 6.07) is 24.3. The molecule has 0 saturated carbocycles. The van der Waals surface area contributed by atoms with Crippen molar-refractivity contribution in [2.24, 2.45) is 0 Å². The summed E-state index contributed by atoms with van der Waals surface area (Å²) in [6.07, 6.45) is 1.88. The third-order valence-corrected chi connectivity index (χ3v) is 6.09. The quantitative estimate of drug-likeness (QED) is 0.335. The number of hydrogen-bond acceptors (Lipinski definition) is 4. The SMILES string of the molecule is Cc1cccc(-n2cc(-c3ccc(Cl)cc3)nc2NC(=O)CN(CCN(C)C)C(=O)c2ccccc2)c1. The van der Waals surface area contributed by atoms with Crippen molar-refractivity contribution in [3.63, 3.8) is 0 Å². The molecule has 1 aromatic heterocycles. The van der Waals surface area contributed by atoms with E-state index in [1.807, 2.05) is 91.3 Å². The van der Waals surface area contributed by atoms with Crippen LogP contribution in [0.4, 0.5) is 5.95 Å². The fourth-order valence-electron chi connectivity index (χ4n) is 3.88. The number of carbonyl (C=O) groups is 2. The van der Waals surface area contributed by atoms with Gasteiger partial charge in [0.1, 0.15) is 6.54 Å². The van der Waals surface area contributed by atoms with Gasteiger partial charge in [0.05, 0.1) is 5.69 Å². The largest absolute Gasteiger partial charge is 0.328 e. The number of anilines is 1. The number of nitrogens with one attached hydrogen (secondary N) is 1. The first kappa shape index (κ1) is 26.1. The van der Waals surface area contributed by atoms with Crippen molar-refractivity contribution in [3.8, 4) is 16.9 Å². The topological polar surface area (TPSA) is 70.5 Å². The van der Waals surface area contributed by atoms with Crippen molar-refractivity contribution in [2.45, 2.75) is 6.92 Å². The lowest BCUT2D eigenvalue weighted by Gasteiger charge is -2.24. The Labute approximate surface area is 222 Å². The molecule has 0 saturated heterocycles. The number of benzene rings is 3. The lowest BCUT2D eigenvalue weighted by Crippen LogP contribution is -2.41. The Kier molecular flexibility index (Phi) is 8.38. The van der Waals surface area contributed by atoms with Crippen LogP contribution in [0, 0.1) is 6.92 Å². The minimum absolute atomic E-state index is 0.0987. The van der Waals surface area contributed by atoms with Crippen LogP contribution in [0.25, 0.3) is 16.9 Å². The fraction of sp³-hybridized carbons (Fsp3) is 0.207. The first-order valence-corrected chi connectivity index (χ1v) is 12.4. The third-order valence-electron chi connectivity index (χ3n) is 5.84. The van der Waals surface area contributed by atoms with E-state index in [0.717, 1.165) is 16.8 Å². The van der Waals surface area contributed by atoms with Crippen molar-refractivity contribution in [2.75, 3.05) is 39.0 Å². The van der Waals surface area contributed by atoms with Gasteiger partial charge >= 0.3 is 0 Å². The first-order chi connectivity index (χ1) is 17.8. The fourth-order valence-corrected chi connectivity index (χ4v) is 4.00. The molecule has 0 aliphatic rings. The van der Waals surface area contributed by atoms with Gasteiger partial charge in [0.25, 0.3) is 5.91 Å². The summed E-state index contributed by atoms with van der Waals surface area (Å²) in [7, 11) is 3.87. The lowest BCUT2D eigenvalue weighted by molar-refractivity contribution is -0.117. The number of rotatable bonds is 9. The molecule has 37 heavy (non-hydrogen) atoms. The summed E-state index contributed by atoms with van der Waals surface area (Å²) in [5, 5.41) is 3.57. The van der Waals surface area contributed by atoms with E-state index in [1.165, 1.54) is 0 Å². The van der Waals surface area contributed by atoms with Crippen LogP contribution in [-0.4, -0.2) is 64.9 Å². The monoisotopic (exact) mass is 515 g/mol. The van der Waals surface area contributed by atoms with Gasteiger partial charge in [0.2, 0.25) is 11.9 Å². The van der Waals surface area contributed by atoms with Gasteiger partial charge in [-0.05, 0) is 63.0 Å². The summed E-state index contributed by atoms with van der Waals surface area (Å²) in [5.74, 6) is -0.146. The molecule has 2 amide bonds. The molecule has 7 nitrogen and oxygen atoms in total. The highest BCUT2D eigenvalue weighted by Gasteiger charge is 2.21. The smallest absolute Gasteiger partial charge is 0.254 e. The highest BCUT2D eigenvalue weighted by atomic mass is 35.5. The van der Waals surface area contributed by atoms with Crippen molar-refractivity contribution < 1.29 is 9.59 Å². The van der Waals surface area contributed by atoms with Crippen LogP contribution in [0.15, 0.2) is 85.1 Å². The number of aryl methyl sites for hydroxylation is 1. The molecular weight excluding hydrogens is 486 g/mol. The lowest BCUT2D eigenvalue weighted by atomic mass is 10.2. The molecule has 1 heterocycles. The Morgan fingerprint density at radius 3 is 2.35 bits per heavy atom. The average Bonchev–Trinajstić information content (AvgIpc) is 3.30. The number of imidazole rings is 1. The Balaban J connectivity index is 1.61. The van der Waals surface area contributed by atoms with Crippen LogP contribution in [0.2, 0.25) is 5.02 Å². The Morgan fingerprint density at radius 2 is 1.68 bits per heavy atom. The molecule has 0 radical (unpaired) electrons.